The fourth-order valence-electron chi connectivity index (χ4n) is 3.61. The maximum Gasteiger partial charge on any atom is 0.305 e. The second-order valence-electron chi connectivity index (χ2n) is 8.04. The Morgan fingerprint density at radius 1 is 0.667 bits per heavy atom. The van der Waals surface area contributed by atoms with Gasteiger partial charge in [0.15, 0.2) is 0 Å². The van der Waals surface area contributed by atoms with Crippen LogP contribution in [0.2, 0.25) is 0 Å². The van der Waals surface area contributed by atoms with Crippen molar-refractivity contribution in [3.05, 3.63) is 0 Å². The van der Waals surface area contributed by atoms with E-state index in [0.29, 0.717) is 18.1 Å². The van der Waals surface area contributed by atoms with E-state index in [2.05, 4.69) is 9.47 Å². The Morgan fingerprint density at radius 3 is 1.40 bits per heavy atom. The third-order valence-electron chi connectivity index (χ3n) is 5.46. The summed E-state index contributed by atoms with van der Waals surface area (Å²) in [4.78, 5) is 22.1. The summed E-state index contributed by atoms with van der Waals surface area (Å²) < 4.78 is 9.32. The van der Waals surface area contributed by atoms with Gasteiger partial charge in [-0.3, -0.25) is 9.59 Å². The van der Waals surface area contributed by atoms with Gasteiger partial charge in [-0.05, 0) is 25.7 Å². The van der Waals surface area contributed by atoms with Gasteiger partial charge in [0, 0.05) is 23.8 Å². The molecule has 6 heteroatoms. The summed E-state index contributed by atoms with van der Waals surface area (Å²) in [6.45, 7) is 0.271. The third-order valence-corrected chi connectivity index (χ3v) is 6.83. The largest absolute Gasteiger partial charge is 0.469 e. The van der Waals surface area contributed by atoms with Crippen LogP contribution >= 0.6 is 11.8 Å². The van der Waals surface area contributed by atoms with Crippen molar-refractivity contribution in [2.75, 3.05) is 26.6 Å². The lowest BCUT2D eigenvalue weighted by Crippen LogP contribution is -2.05. The summed E-state index contributed by atoms with van der Waals surface area (Å²) in [5.74, 6) is 0.649. The molecule has 0 aromatic carbocycles. The first-order chi connectivity index (χ1) is 14.6. The van der Waals surface area contributed by atoms with Gasteiger partial charge >= 0.3 is 11.9 Å². The highest BCUT2D eigenvalue weighted by atomic mass is 32.2. The van der Waals surface area contributed by atoms with E-state index in [9.17, 15) is 9.59 Å². The minimum atomic E-state index is -0.0997. The summed E-state index contributed by atoms with van der Waals surface area (Å²) >= 11 is 1.93. The van der Waals surface area contributed by atoms with Gasteiger partial charge in [0.1, 0.15) is 0 Å². The maximum absolute atomic E-state index is 11.1. The van der Waals surface area contributed by atoms with E-state index in [1.54, 1.807) is 0 Å². The van der Waals surface area contributed by atoms with Crippen LogP contribution in [0.4, 0.5) is 0 Å². The molecule has 178 valence electrons. The van der Waals surface area contributed by atoms with Crippen molar-refractivity contribution in [1.82, 2.24) is 0 Å². The quantitative estimate of drug-likeness (QED) is 0.161. The van der Waals surface area contributed by atoms with E-state index in [0.717, 1.165) is 31.4 Å². The summed E-state index contributed by atoms with van der Waals surface area (Å²) in [5, 5.41) is 9.82. The van der Waals surface area contributed by atoms with E-state index in [1.165, 1.54) is 84.8 Å². The Morgan fingerprint density at radius 2 is 1.03 bits per heavy atom. The average Bonchev–Trinajstić information content (AvgIpc) is 2.76. The van der Waals surface area contributed by atoms with Crippen molar-refractivity contribution in [3.63, 3.8) is 0 Å². The number of rotatable bonds is 22. The van der Waals surface area contributed by atoms with Crippen molar-refractivity contribution >= 4 is 23.7 Å². The van der Waals surface area contributed by atoms with Crippen molar-refractivity contribution in [2.24, 2.45) is 0 Å². The Labute approximate surface area is 189 Å². The van der Waals surface area contributed by atoms with Gasteiger partial charge < -0.3 is 14.6 Å². The SMILES string of the molecule is COC(=O)CCCCCCCCCC(CCCCCCCCC(=O)OC)SCCO. The topological polar surface area (TPSA) is 72.8 Å². The highest BCUT2D eigenvalue weighted by Gasteiger charge is 2.09. The van der Waals surface area contributed by atoms with Crippen molar-refractivity contribution < 1.29 is 24.2 Å². The van der Waals surface area contributed by atoms with Gasteiger partial charge in [-0.1, -0.05) is 70.6 Å². The molecule has 0 amide bonds. The zero-order valence-electron chi connectivity index (χ0n) is 19.5. The minimum absolute atomic E-state index is 0.0972. The second kappa shape index (κ2) is 22.9. The first-order valence-electron chi connectivity index (χ1n) is 12.0. The minimum Gasteiger partial charge on any atom is -0.469 e. The zero-order valence-corrected chi connectivity index (χ0v) is 20.3. The van der Waals surface area contributed by atoms with Crippen LogP contribution in [0.3, 0.4) is 0 Å². The van der Waals surface area contributed by atoms with Crippen LogP contribution in [-0.2, 0) is 19.1 Å². The standard InChI is InChI=1S/C24H46O5S/c1-28-23(26)18-14-10-5-3-4-8-12-16-22(30-21-20-25)17-13-9-6-7-11-15-19-24(27)29-2/h22,25H,3-21H2,1-2H3. The number of aliphatic hydroxyl groups is 1. The number of methoxy groups -OCH3 is 2. The molecule has 0 radical (unpaired) electrons. The summed E-state index contributed by atoms with van der Waals surface area (Å²) in [7, 11) is 2.90. The molecule has 0 aromatic heterocycles. The number of ether oxygens (including phenoxy) is 2. The van der Waals surface area contributed by atoms with Gasteiger partial charge in [-0.15, -0.1) is 0 Å². The first kappa shape index (κ1) is 29.2. The maximum atomic E-state index is 11.1. The van der Waals surface area contributed by atoms with E-state index < -0.39 is 0 Å². The summed E-state index contributed by atoms with van der Waals surface area (Å²) in [6, 6.07) is 0. The molecule has 1 N–H and O–H groups in total. The number of thioether (sulfide) groups is 1. The predicted octanol–water partition coefficient (Wildman–Crippen LogP) is 6.06. The smallest absolute Gasteiger partial charge is 0.305 e. The van der Waals surface area contributed by atoms with Crippen LogP contribution in [0.1, 0.15) is 109 Å². The van der Waals surface area contributed by atoms with Gasteiger partial charge in [-0.2, -0.15) is 11.8 Å². The van der Waals surface area contributed by atoms with Gasteiger partial charge in [0.2, 0.25) is 0 Å². The molecule has 0 aromatic rings. The highest BCUT2D eigenvalue weighted by molar-refractivity contribution is 7.99. The number of carbonyl (C=O) groups is 2. The molecule has 30 heavy (non-hydrogen) atoms. The Hall–Kier alpha value is -0.750. The Balaban J connectivity index is 3.61. The van der Waals surface area contributed by atoms with Crippen LogP contribution in [0, 0.1) is 0 Å². The van der Waals surface area contributed by atoms with E-state index in [1.807, 2.05) is 11.8 Å². The number of aliphatic hydroxyl groups excluding tert-OH is 1. The van der Waals surface area contributed by atoms with Crippen molar-refractivity contribution in [3.8, 4) is 0 Å². The monoisotopic (exact) mass is 446 g/mol. The lowest BCUT2D eigenvalue weighted by molar-refractivity contribution is -0.141. The van der Waals surface area contributed by atoms with Crippen LogP contribution < -0.4 is 0 Å². The molecule has 1 atom stereocenters. The molecule has 0 saturated carbocycles. The predicted molar refractivity (Wildman–Crippen MR) is 126 cm³/mol. The molecule has 0 spiro atoms. The normalized spacial score (nSPS) is 12.0. The number of carbonyl (C=O) groups excluding carboxylic acids is 2. The molecule has 0 rings (SSSR count). The fourth-order valence-corrected chi connectivity index (χ4v) is 4.71. The molecule has 0 aliphatic rings. The van der Waals surface area contributed by atoms with Gasteiger partial charge in [0.25, 0.3) is 0 Å². The zero-order chi connectivity index (χ0) is 22.3. The molecule has 5 nitrogen and oxygen atoms in total. The van der Waals surface area contributed by atoms with Crippen LogP contribution in [0.15, 0.2) is 0 Å². The van der Waals surface area contributed by atoms with E-state index in [4.69, 9.17) is 5.11 Å². The molecular formula is C24H46O5S. The molecular weight excluding hydrogens is 400 g/mol. The second-order valence-corrected chi connectivity index (χ2v) is 9.45. The average molecular weight is 447 g/mol. The molecule has 0 bridgehead atoms. The molecule has 1 unspecified atom stereocenters. The Kier molecular flexibility index (Phi) is 22.4. The molecule has 0 fully saturated rings. The summed E-state index contributed by atoms with van der Waals surface area (Å²) in [6.07, 6.45) is 19.0. The molecule has 0 aliphatic carbocycles. The third kappa shape index (κ3) is 20.5. The number of esters is 2. The van der Waals surface area contributed by atoms with E-state index >= 15 is 0 Å². The molecule has 0 saturated heterocycles. The molecule has 0 heterocycles. The number of hydrogen-bond acceptors (Lipinski definition) is 6. The van der Waals surface area contributed by atoms with Crippen molar-refractivity contribution in [1.29, 1.82) is 0 Å². The van der Waals surface area contributed by atoms with Crippen LogP contribution in [-0.4, -0.2) is 48.9 Å². The summed E-state index contributed by atoms with van der Waals surface area (Å²) in [5.41, 5.74) is 0. The number of unbranched alkanes of at least 4 members (excludes halogenated alkanes) is 11. The fraction of sp³-hybridized carbons (Fsp3) is 0.917. The molecule has 0 aliphatic heterocycles. The van der Waals surface area contributed by atoms with E-state index in [-0.39, 0.29) is 18.5 Å². The number of hydrogen-bond donors (Lipinski definition) is 1. The lowest BCUT2D eigenvalue weighted by Gasteiger charge is -2.16. The van der Waals surface area contributed by atoms with Gasteiger partial charge in [0.05, 0.1) is 20.8 Å². The van der Waals surface area contributed by atoms with Crippen LogP contribution in [0.25, 0.3) is 0 Å². The highest BCUT2D eigenvalue weighted by Crippen LogP contribution is 2.24. The van der Waals surface area contributed by atoms with Gasteiger partial charge in [-0.25, -0.2) is 0 Å². The lowest BCUT2D eigenvalue weighted by atomic mass is 10.0. The Bertz CT molecular complexity index is 403. The van der Waals surface area contributed by atoms with Crippen molar-refractivity contribution in [2.45, 2.75) is 114 Å². The first-order valence-corrected chi connectivity index (χ1v) is 13.0. The van der Waals surface area contributed by atoms with Crippen LogP contribution in [0.5, 0.6) is 0 Å².